The van der Waals surface area contributed by atoms with Crippen molar-refractivity contribution in [3.05, 3.63) is 0 Å². The molecule has 3 aliphatic rings. The maximum atomic E-state index is 13.2. The van der Waals surface area contributed by atoms with Gasteiger partial charge in [0.15, 0.2) is 0 Å². The third-order valence-electron chi connectivity index (χ3n) is 4.63. The fourth-order valence-electron chi connectivity index (χ4n) is 3.35. The fourth-order valence-corrected chi connectivity index (χ4v) is 3.35. The van der Waals surface area contributed by atoms with Crippen molar-refractivity contribution < 1.29 is 18.3 Å². The lowest BCUT2D eigenvalue weighted by Crippen LogP contribution is -2.53. The Hall–Kier alpha value is -0.790. The van der Waals surface area contributed by atoms with E-state index in [2.05, 4.69) is 10.2 Å². The summed E-state index contributed by atoms with van der Waals surface area (Å²) in [5, 5.41) is 2.64. The van der Waals surface area contributed by atoms with Crippen molar-refractivity contribution in [2.45, 2.75) is 24.8 Å². The number of piperazine rings is 1. The van der Waals surface area contributed by atoms with Crippen molar-refractivity contribution in [2.75, 3.05) is 52.5 Å². The van der Waals surface area contributed by atoms with Crippen LogP contribution in [0.5, 0.6) is 0 Å². The van der Waals surface area contributed by atoms with E-state index in [0.717, 1.165) is 39.3 Å². The fraction of sp³-hybridized carbons (Fsp3) is 0.929. The predicted octanol–water partition coefficient (Wildman–Crippen LogP) is 0.164. The minimum absolute atomic E-state index is 0.170. The topological polar surface area (TPSA) is 44.8 Å². The molecule has 5 nitrogen and oxygen atoms in total. The van der Waals surface area contributed by atoms with Gasteiger partial charge < -0.3 is 9.64 Å². The van der Waals surface area contributed by atoms with E-state index in [1.807, 2.05) is 0 Å². The van der Waals surface area contributed by atoms with Crippen LogP contribution in [0.25, 0.3) is 0 Å². The summed E-state index contributed by atoms with van der Waals surface area (Å²) in [7, 11) is 0. The third kappa shape index (κ3) is 3.70. The van der Waals surface area contributed by atoms with E-state index in [1.165, 1.54) is 0 Å². The molecule has 7 heteroatoms. The largest absolute Gasteiger partial charge is 0.381 e. The summed E-state index contributed by atoms with van der Waals surface area (Å²) in [5.74, 6) is -2.32. The SMILES string of the molecule is O=C(C1CC(F)(F)CN1)N1CCN(CC2CCOC2)CC1. The molecule has 3 saturated heterocycles. The molecule has 0 spiro atoms. The van der Waals surface area contributed by atoms with E-state index in [1.54, 1.807) is 4.90 Å². The molecule has 3 fully saturated rings. The average molecular weight is 303 g/mol. The van der Waals surface area contributed by atoms with Crippen molar-refractivity contribution in [1.82, 2.24) is 15.1 Å². The van der Waals surface area contributed by atoms with Crippen LogP contribution in [0.3, 0.4) is 0 Å². The van der Waals surface area contributed by atoms with Gasteiger partial charge in [-0.3, -0.25) is 15.0 Å². The molecule has 120 valence electrons. The van der Waals surface area contributed by atoms with Crippen LogP contribution in [-0.2, 0) is 9.53 Å². The Balaban J connectivity index is 1.43. The van der Waals surface area contributed by atoms with E-state index >= 15 is 0 Å². The van der Waals surface area contributed by atoms with Gasteiger partial charge in [0.2, 0.25) is 5.91 Å². The van der Waals surface area contributed by atoms with Crippen LogP contribution in [0.4, 0.5) is 8.78 Å². The van der Waals surface area contributed by atoms with Gasteiger partial charge in [0.25, 0.3) is 5.92 Å². The van der Waals surface area contributed by atoms with Crippen LogP contribution >= 0.6 is 0 Å². The van der Waals surface area contributed by atoms with Gasteiger partial charge in [-0.25, -0.2) is 8.78 Å². The monoisotopic (exact) mass is 303 g/mol. The molecule has 1 amide bonds. The average Bonchev–Trinajstić information content (AvgIpc) is 3.08. The Bertz CT molecular complexity index is 380. The van der Waals surface area contributed by atoms with Crippen molar-refractivity contribution in [2.24, 2.45) is 5.92 Å². The number of rotatable bonds is 3. The smallest absolute Gasteiger partial charge is 0.262 e. The van der Waals surface area contributed by atoms with Crippen LogP contribution in [0.1, 0.15) is 12.8 Å². The van der Waals surface area contributed by atoms with Crippen molar-refractivity contribution in [3.8, 4) is 0 Å². The maximum absolute atomic E-state index is 13.2. The molecule has 2 unspecified atom stereocenters. The number of amides is 1. The molecule has 0 radical (unpaired) electrons. The number of ether oxygens (including phenoxy) is 1. The van der Waals surface area contributed by atoms with Gasteiger partial charge >= 0.3 is 0 Å². The second-order valence-corrected chi connectivity index (χ2v) is 6.35. The summed E-state index contributed by atoms with van der Waals surface area (Å²) < 4.78 is 31.7. The Kier molecular flexibility index (Phi) is 4.42. The molecule has 0 aliphatic carbocycles. The van der Waals surface area contributed by atoms with Crippen molar-refractivity contribution in [1.29, 1.82) is 0 Å². The summed E-state index contributed by atoms with van der Waals surface area (Å²) in [6, 6.07) is -0.713. The van der Waals surface area contributed by atoms with Crippen LogP contribution in [0.15, 0.2) is 0 Å². The number of halogens is 2. The zero-order chi connectivity index (χ0) is 14.9. The minimum Gasteiger partial charge on any atom is -0.381 e. The number of hydrogen-bond donors (Lipinski definition) is 1. The third-order valence-corrected chi connectivity index (χ3v) is 4.63. The number of nitrogens with zero attached hydrogens (tertiary/aromatic N) is 2. The first-order chi connectivity index (χ1) is 10.0. The Morgan fingerprint density at radius 2 is 2.05 bits per heavy atom. The lowest BCUT2D eigenvalue weighted by molar-refractivity contribution is -0.135. The lowest BCUT2D eigenvalue weighted by atomic mass is 10.1. The van der Waals surface area contributed by atoms with E-state index in [-0.39, 0.29) is 18.9 Å². The molecule has 21 heavy (non-hydrogen) atoms. The number of carbonyl (C=O) groups is 1. The molecular formula is C14H23F2N3O2. The molecule has 3 heterocycles. The van der Waals surface area contributed by atoms with Gasteiger partial charge in [-0.15, -0.1) is 0 Å². The molecule has 0 saturated carbocycles. The molecule has 2 atom stereocenters. The minimum atomic E-state index is -2.75. The van der Waals surface area contributed by atoms with E-state index in [4.69, 9.17) is 4.74 Å². The van der Waals surface area contributed by atoms with Crippen molar-refractivity contribution >= 4 is 5.91 Å². The highest BCUT2D eigenvalue weighted by molar-refractivity contribution is 5.82. The number of hydrogen-bond acceptors (Lipinski definition) is 4. The molecule has 1 N–H and O–H groups in total. The van der Waals surface area contributed by atoms with Gasteiger partial charge in [0, 0.05) is 45.8 Å². The summed E-state index contributed by atoms with van der Waals surface area (Å²) >= 11 is 0. The molecule has 0 bridgehead atoms. The van der Waals surface area contributed by atoms with E-state index < -0.39 is 12.0 Å². The first kappa shape index (κ1) is 15.1. The molecule has 3 rings (SSSR count). The van der Waals surface area contributed by atoms with Gasteiger partial charge in [0.1, 0.15) is 0 Å². The molecular weight excluding hydrogens is 280 g/mol. The van der Waals surface area contributed by atoms with Crippen LogP contribution in [0.2, 0.25) is 0 Å². The van der Waals surface area contributed by atoms with Crippen LogP contribution in [0, 0.1) is 5.92 Å². The summed E-state index contributed by atoms with van der Waals surface area (Å²) in [4.78, 5) is 16.3. The maximum Gasteiger partial charge on any atom is 0.262 e. The highest BCUT2D eigenvalue weighted by atomic mass is 19.3. The summed E-state index contributed by atoms with van der Waals surface area (Å²) in [6.07, 6.45) is 0.742. The quantitative estimate of drug-likeness (QED) is 0.807. The molecule has 0 aromatic rings. The lowest BCUT2D eigenvalue weighted by Gasteiger charge is -2.36. The number of nitrogens with one attached hydrogen (secondary N) is 1. The molecule has 3 aliphatic heterocycles. The highest BCUT2D eigenvalue weighted by Gasteiger charge is 2.43. The molecule has 0 aromatic heterocycles. The predicted molar refractivity (Wildman–Crippen MR) is 73.3 cm³/mol. The number of alkyl halides is 2. The molecule has 0 aromatic carbocycles. The highest BCUT2D eigenvalue weighted by Crippen LogP contribution is 2.26. The summed E-state index contributed by atoms with van der Waals surface area (Å²) in [5.41, 5.74) is 0. The van der Waals surface area contributed by atoms with Gasteiger partial charge in [-0.05, 0) is 12.3 Å². The zero-order valence-corrected chi connectivity index (χ0v) is 12.2. The van der Waals surface area contributed by atoms with Crippen LogP contribution in [-0.4, -0.2) is 80.2 Å². The second kappa shape index (κ2) is 6.14. The Labute approximate surface area is 123 Å². The summed E-state index contributed by atoms with van der Waals surface area (Å²) in [6.45, 7) is 5.24. The first-order valence-corrected chi connectivity index (χ1v) is 7.74. The Morgan fingerprint density at radius 3 is 2.62 bits per heavy atom. The van der Waals surface area contributed by atoms with Gasteiger partial charge in [-0.2, -0.15) is 0 Å². The zero-order valence-electron chi connectivity index (χ0n) is 12.2. The normalized spacial score (nSPS) is 33.5. The van der Waals surface area contributed by atoms with Crippen molar-refractivity contribution in [3.63, 3.8) is 0 Å². The van der Waals surface area contributed by atoms with E-state index in [0.29, 0.717) is 19.0 Å². The standard InChI is InChI=1S/C14H23F2N3O2/c15-14(16)7-12(17-10-14)13(20)19-4-2-18(3-5-19)8-11-1-6-21-9-11/h11-12,17H,1-10H2. The van der Waals surface area contributed by atoms with Gasteiger partial charge in [0.05, 0.1) is 19.2 Å². The number of carbonyl (C=O) groups excluding carboxylic acids is 1. The first-order valence-electron chi connectivity index (χ1n) is 7.74. The van der Waals surface area contributed by atoms with Gasteiger partial charge in [-0.1, -0.05) is 0 Å². The van der Waals surface area contributed by atoms with Crippen LogP contribution < -0.4 is 5.32 Å². The second-order valence-electron chi connectivity index (χ2n) is 6.35. The Morgan fingerprint density at radius 1 is 1.29 bits per heavy atom. The van der Waals surface area contributed by atoms with E-state index in [9.17, 15) is 13.6 Å².